The topological polar surface area (TPSA) is 96.0 Å². The summed E-state index contributed by atoms with van der Waals surface area (Å²) in [5.74, 6) is 0. The van der Waals surface area contributed by atoms with E-state index in [-0.39, 0.29) is 46.6 Å². The first-order valence-electron chi connectivity index (χ1n) is 9.07. The Hall–Kier alpha value is -1.65. The average molecular weight is 550 g/mol. The van der Waals surface area contributed by atoms with Crippen LogP contribution < -0.4 is 46.0 Å². The molecule has 4 rings (SSSR count). The molecule has 0 aliphatic rings. The van der Waals surface area contributed by atoms with E-state index >= 15 is 0 Å². The molecule has 0 unspecified atom stereocenters. The van der Waals surface area contributed by atoms with Crippen molar-refractivity contribution in [3.63, 3.8) is 0 Å². The Balaban J connectivity index is -0.00000107. The molecule has 0 aliphatic heterocycles. The van der Waals surface area contributed by atoms with Gasteiger partial charge in [0, 0.05) is 0 Å². The molecule has 3 nitrogen and oxygen atoms in total. The van der Waals surface area contributed by atoms with E-state index in [4.69, 9.17) is 23.2 Å². The normalized spacial score (nSPS) is 9.03. The molecule has 4 aromatic rings. The molecule has 0 bridgehead atoms. The van der Waals surface area contributed by atoms with Gasteiger partial charge < -0.3 is 41.2 Å². The van der Waals surface area contributed by atoms with Gasteiger partial charge in [0.1, 0.15) is 28.5 Å². The van der Waals surface area contributed by atoms with Crippen molar-refractivity contribution in [2.45, 2.75) is 0 Å². The summed E-state index contributed by atoms with van der Waals surface area (Å²) in [7, 11) is -1.91. The molecule has 0 heterocycles. The van der Waals surface area contributed by atoms with Gasteiger partial charge in [-0.25, -0.2) is 0 Å². The Morgan fingerprint density at radius 1 is 0.424 bits per heavy atom. The van der Waals surface area contributed by atoms with Crippen LogP contribution in [0, 0.1) is 0 Å². The second kappa shape index (κ2) is 18.7. The van der Waals surface area contributed by atoms with E-state index in [1.807, 2.05) is 0 Å². The van der Waals surface area contributed by atoms with Gasteiger partial charge in [0.25, 0.3) is 0 Å². The van der Waals surface area contributed by atoms with Crippen LogP contribution in [-0.4, -0.2) is 16.3 Å². The van der Waals surface area contributed by atoms with Gasteiger partial charge in [0.2, 0.25) is 0 Å². The fourth-order valence-corrected chi connectivity index (χ4v) is 7.77. The summed E-state index contributed by atoms with van der Waals surface area (Å²) >= 11 is 9.53. The maximum Gasteiger partial charge on any atom is 0.144 e. The lowest BCUT2D eigenvalue weighted by Gasteiger charge is -2.27. The van der Waals surface area contributed by atoms with Gasteiger partial charge in [-0.3, -0.25) is 0 Å². The second-order valence-electron chi connectivity index (χ2n) is 6.11. The van der Waals surface area contributed by atoms with Gasteiger partial charge in [-0.15, -0.1) is 23.2 Å². The number of alkyl halides is 2. The van der Waals surface area contributed by atoms with Gasteiger partial charge >= 0.3 is 0 Å². The fourth-order valence-electron chi connectivity index (χ4n) is 3.50. The highest BCUT2D eigenvalue weighted by Crippen LogP contribution is 2.53. The van der Waals surface area contributed by atoms with Crippen molar-refractivity contribution < 1.29 is 41.2 Å². The zero-order valence-corrected chi connectivity index (χ0v) is 21.7. The van der Waals surface area contributed by atoms with Crippen LogP contribution in [-0.2, 0) is 5.48 Å². The molecule has 7 N–H and O–H groups in total. The number of rotatable bonds is 4. The van der Waals surface area contributed by atoms with Crippen molar-refractivity contribution in [3.05, 3.63) is 121 Å². The monoisotopic (exact) mass is 548 g/mol. The highest BCUT2D eigenvalue weighted by atomic mass is 35.5. The molecule has 4 aromatic carbocycles. The SMILES string of the molecule is ClCCl.O.O.[Cl-].[Cl-].[OH3+].c1ccc([P+](c2ccccc2)(c2ccccc2)c2ccccc2)cc1. The van der Waals surface area contributed by atoms with Gasteiger partial charge in [-0.05, 0) is 48.5 Å². The molecule has 0 saturated carbocycles. The summed E-state index contributed by atoms with van der Waals surface area (Å²) in [6.45, 7) is 0. The molecule has 0 saturated heterocycles. The summed E-state index contributed by atoms with van der Waals surface area (Å²) in [4.78, 5) is 0. The van der Waals surface area contributed by atoms with Crippen molar-refractivity contribution >= 4 is 51.7 Å². The molecule has 0 aliphatic carbocycles. The van der Waals surface area contributed by atoms with E-state index in [1.54, 1.807) is 0 Å². The quantitative estimate of drug-likeness (QED) is 0.149. The van der Waals surface area contributed by atoms with Crippen molar-refractivity contribution in [2.24, 2.45) is 0 Å². The predicted molar refractivity (Wildman–Crippen MR) is 140 cm³/mol. The Morgan fingerprint density at radius 3 is 0.727 bits per heavy atom. The van der Waals surface area contributed by atoms with E-state index in [9.17, 15) is 0 Å². The lowest BCUT2D eigenvalue weighted by molar-refractivity contribution is -0.00100. The third kappa shape index (κ3) is 8.26. The highest BCUT2D eigenvalue weighted by Gasteiger charge is 2.47. The van der Waals surface area contributed by atoms with Crippen molar-refractivity contribution in [2.75, 3.05) is 5.34 Å². The van der Waals surface area contributed by atoms with Gasteiger partial charge in [-0.2, -0.15) is 0 Å². The minimum absolute atomic E-state index is 0. The summed E-state index contributed by atoms with van der Waals surface area (Å²) < 4.78 is 0. The van der Waals surface area contributed by atoms with Crippen LogP contribution in [0.25, 0.3) is 0 Å². The van der Waals surface area contributed by atoms with Crippen molar-refractivity contribution in [3.8, 4) is 0 Å². The van der Waals surface area contributed by atoms with Gasteiger partial charge in [0.15, 0.2) is 0 Å². The van der Waals surface area contributed by atoms with Crippen LogP contribution in [0.5, 0.6) is 0 Å². The van der Waals surface area contributed by atoms with Crippen LogP contribution in [0.3, 0.4) is 0 Å². The summed E-state index contributed by atoms with van der Waals surface area (Å²) in [6.07, 6.45) is 0. The maximum atomic E-state index is 4.76. The largest absolute Gasteiger partial charge is 1.00 e. The zero-order valence-electron chi connectivity index (χ0n) is 17.8. The van der Waals surface area contributed by atoms with Crippen molar-refractivity contribution in [1.29, 1.82) is 0 Å². The standard InChI is InChI=1S/C24H20P.CH2Cl2.2ClH.3H2O/c1-5-13-21(14-6-1)25(22-15-7-2-8-16-22,23-17-9-3-10-18-23)24-19-11-4-12-20-24;2-1-3;;;;;/h1-20H;1H2;2*1H;3*1H2/q+1;;;;;;/p-1. The third-order valence-corrected chi connectivity index (χ3v) is 8.86. The molecule has 180 valence electrons. The zero-order chi connectivity index (χ0) is 19.7. The molecular weight excluding hydrogens is 521 g/mol. The second-order valence-corrected chi connectivity index (χ2v) is 10.3. The third-order valence-electron chi connectivity index (χ3n) is 4.57. The molecule has 0 radical (unpaired) electrons. The van der Waals surface area contributed by atoms with Crippen LogP contribution in [0.2, 0.25) is 0 Å². The number of benzene rings is 4. The molecule has 0 aromatic heterocycles. The predicted octanol–water partition coefficient (Wildman–Crippen LogP) is -2.84. The van der Waals surface area contributed by atoms with E-state index in [1.165, 1.54) is 21.2 Å². The molecule has 0 fully saturated rings. The smallest absolute Gasteiger partial charge is 0.144 e. The Bertz CT molecular complexity index is 800. The van der Waals surface area contributed by atoms with Gasteiger partial charge in [0.05, 0.1) is 5.34 Å². The Kier molecular flexibility index (Phi) is 20.4. The lowest BCUT2D eigenvalue weighted by Crippen LogP contribution is -3.00. The summed E-state index contributed by atoms with van der Waals surface area (Å²) in [6, 6.07) is 43.8. The molecule has 0 amide bonds. The summed E-state index contributed by atoms with van der Waals surface area (Å²) in [5, 5.41) is 5.74. The van der Waals surface area contributed by atoms with E-state index < -0.39 is 7.26 Å². The number of halogens is 4. The fraction of sp³-hybridized carbons (Fsp3) is 0.0400. The first-order valence-corrected chi connectivity index (χ1v) is 11.9. The molecule has 0 atom stereocenters. The van der Waals surface area contributed by atoms with Crippen LogP contribution in [0.4, 0.5) is 0 Å². The van der Waals surface area contributed by atoms with Crippen LogP contribution in [0.1, 0.15) is 0 Å². The van der Waals surface area contributed by atoms with Crippen LogP contribution >= 0.6 is 30.5 Å². The van der Waals surface area contributed by atoms with Crippen molar-refractivity contribution in [1.82, 2.24) is 0 Å². The summed E-state index contributed by atoms with van der Waals surface area (Å²) in [5.41, 5.74) is 0. The Labute approximate surface area is 218 Å². The molecule has 0 spiro atoms. The van der Waals surface area contributed by atoms with E-state index in [2.05, 4.69) is 121 Å². The van der Waals surface area contributed by atoms with Crippen LogP contribution in [0.15, 0.2) is 121 Å². The minimum atomic E-state index is -1.91. The first kappa shape index (κ1) is 35.9. The maximum absolute atomic E-state index is 4.76. The van der Waals surface area contributed by atoms with E-state index in [0.717, 1.165) is 0 Å². The number of hydrogen-bond acceptors (Lipinski definition) is 0. The molecule has 33 heavy (non-hydrogen) atoms. The molecular formula is C25H29Cl4O3P. The molecule has 8 heteroatoms. The minimum Gasteiger partial charge on any atom is -1.00 e. The van der Waals surface area contributed by atoms with Gasteiger partial charge in [-0.1, -0.05) is 72.8 Å². The average Bonchev–Trinajstić information content (AvgIpc) is 2.78. The first-order chi connectivity index (χ1) is 13.8. The Morgan fingerprint density at radius 2 is 0.576 bits per heavy atom. The number of hydrogen-bond donors (Lipinski definition) is 0. The lowest BCUT2D eigenvalue weighted by atomic mass is 10.3. The van der Waals surface area contributed by atoms with E-state index in [0.29, 0.717) is 0 Å². The highest BCUT2D eigenvalue weighted by molar-refractivity contribution is 8.01.